The molecule has 0 unspecified atom stereocenters. The van der Waals surface area contributed by atoms with Gasteiger partial charge in [0.1, 0.15) is 0 Å². The first-order valence-electron chi connectivity index (χ1n) is 8.03. The third-order valence-corrected chi connectivity index (χ3v) is 4.50. The Morgan fingerprint density at radius 3 is 2.57 bits per heavy atom. The molecule has 0 aromatic heterocycles. The van der Waals surface area contributed by atoms with Gasteiger partial charge in [-0.1, -0.05) is 25.0 Å². The molecule has 1 amide bonds. The maximum absolute atomic E-state index is 12.6. The van der Waals surface area contributed by atoms with Crippen LogP contribution >= 0.6 is 0 Å². The molecule has 4 nitrogen and oxygen atoms in total. The zero-order valence-corrected chi connectivity index (χ0v) is 12.4. The molecule has 4 heteroatoms. The lowest BCUT2D eigenvalue weighted by atomic mass is 10.2. The molecule has 1 aromatic rings. The van der Waals surface area contributed by atoms with E-state index in [1.165, 1.54) is 38.5 Å². The van der Waals surface area contributed by atoms with Crippen molar-refractivity contribution in [1.29, 1.82) is 0 Å². The van der Waals surface area contributed by atoms with E-state index in [2.05, 4.69) is 10.2 Å². The molecule has 3 rings (SSSR count). The van der Waals surface area contributed by atoms with Crippen molar-refractivity contribution in [3.63, 3.8) is 0 Å². The average Bonchev–Trinajstić information content (AvgIpc) is 3.20. The lowest BCUT2D eigenvalue weighted by Crippen LogP contribution is -2.43. The molecule has 0 bridgehead atoms. The number of aliphatic hydroxyl groups is 1. The molecule has 2 aliphatic carbocycles. The molecule has 2 saturated carbocycles. The van der Waals surface area contributed by atoms with Gasteiger partial charge in [-0.3, -0.25) is 4.79 Å². The Labute approximate surface area is 126 Å². The fourth-order valence-electron chi connectivity index (χ4n) is 3.29. The van der Waals surface area contributed by atoms with Crippen molar-refractivity contribution >= 4 is 11.6 Å². The standard InChI is InChI=1S/C17H24N2O2/c20-12-13-4-3-5-14(10-13)18-11-17(21)19(16-8-9-16)15-6-1-2-7-15/h3-5,10,15-16,18,20H,1-2,6-9,11-12H2. The van der Waals surface area contributed by atoms with Crippen molar-refractivity contribution < 1.29 is 9.90 Å². The summed E-state index contributed by atoms with van der Waals surface area (Å²) in [4.78, 5) is 14.7. The maximum Gasteiger partial charge on any atom is 0.242 e. The molecule has 21 heavy (non-hydrogen) atoms. The quantitative estimate of drug-likeness (QED) is 0.845. The van der Waals surface area contributed by atoms with Crippen LogP contribution in [0.3, 0.4) is 0 Å². The van der Waals surface area contributed by atoms with Crippen molar-refractivity contribution in [2.45, 2.75) is 57.2 Å². The number of anilines is 1. The fraction of sp³-hybridized carbons (Fsp3) is 0.588. The molecular formula is C17H24N2O2. The Morgan fingerprint density at radius 1 is 1.19 bits per heavy atom. The molecule has 114 valence electrons. The molecule has 2 fully saturated rings. The van der Waals surface area contributed by atoms with E-state index in [0.29, 0.717) is 18.6 Å². The molecule has 0 saturated heterocycles. The summed E-state index contributed by atoms with van der Waals surface area (Å²) in [6, 6.07) is 8.56. The number of hydrogen-bond acceptors (Lipinski definition) is 3. The topological polar surface area (TPSA) is 52.6 Å². The summed E-state index contributed by atoms with van der Waals surface area (Å²) in [5.74, 6) is 0.221. The number of hydrogen-bond donors (Lipinski definition) is 2. The van der Waals surface area contributed by atoms with Crippen molar-refractivity contribution in [1.82, 2.24) is 4.90 Å². The van der Waals surface area contributed by atoms with E-state index < -0.39 is 0 Å². The molecule has 0 aliphatic heterocycles. The van der Waals surface area contributed by atoms with E-state index in [9.17, 15) is 4.79 Å². The van der Waals surface area contributed by atoms with Crippen molar-refractivity contribution in [3.05, 3.63) is 29.8 Å². The second-order valence-corrected chi connectivity index (χ2v) is 6.18. The monoisotopic (exact) mass is 288 g/mol. The van der Waals surface area contributed by atoms with Gasteiger partial charge in [0.15, 0.2) is 0 Å². The molecule has 0 atom stereocenters. The Kier molecular flexibility index (Phi) is 4.44. The second-order valence-electron chi connectivity index (χ2n) is 6.18. The number of aliphatic hydroxyl groups excluding tert-OH is 1. The average molecular weight is 288 g/mol. The summed E-state index contributed by atoms with van der Waals surface area (Å²) in [5.41, 5.74) is 1.76. The van der Waals surface area contributed by atoms with E-state index in [0.717, 1.165) is 11.3 Å². The first kappa shape index (κ1) is 14.4. The van der Waals surface area contributed by atoms with Crippen LogP contribution in [-0.4, -0.2) is 34.5 Å². The lowest BCUT2D eigenvalue weighted by molar-refractivity contribution is -0.132. The van der Waals surface area contributed by atoms with Gasteiger partial charge >= 0.3 is 0 Å². The van der Waals surface area contributed by atoms with Gasteiger partial charge in [-0.25, -0.2) is 0 Å². The summed E-state index contributed by atoms with van der Waals surface area (Å²) in [7, 11) is 0. The molecule has 0 radical (unpaired) electrons. The van der Waals surface area contributed by atoms with Gasteiger partial charge in [-0.2, -0.15) is 0 Å². The van der Waals surface area contributed by atoms with Gasteiger partial charge in [0.2, 0.25) is 5.91 Å². The largest absolute Gasteiger partial charge is 0.392 e. The Bertz CT molecular complexity index is 493. The Balaban J connectivity index is 1.58. The minimum atomic E-state index is 0.0275. The summed E-state index contributed by atoms with van der Waals surface area (Å²) in [6.45, 7) is 0.377. The van der Waals surface area contributed by atoms with Gasteiger partial charge < -0.3 is 15.3 Å². The van der Waals surface area contributed by atoms with Crippen LogP contribution in [0, 0.1) is 0 Å². The number of rotatable bonds is 6. The Hall–Kier alpha value is -1.55. The number of nitrogens with zero attached hydrogens (tertiary/aromatic N) is 1. The molecule has 2 N–H and O–H groups in total. The summed E-state index contributed by atoms with van der Waals surface area (Å²) < 4.78 is 0. The SMILES string of the molecule is O=C(CNc1cccc(CO)c1)N(C1CCCC1)C1CC1. The van der Waals surface area contributed by atoms with E-state index in [-0.39, 0.29) is 12.5 Å². The highest BCUT2D eigenvalue weighted by molar-refractivity contribution is 5.81. The fourth-order valence-corrected chi connectivity index (χ4v) is 3.29. The van der Waals surface area contributed by atoms with E-state index in [4.69, 9.17) is 5.11 Å². The predicted octanol–water partition coefficient (Wildman–Crippen LogP) is 2.52. The molecular weight excluding hydrogens is 264 g/mol. The third-order valence-electron chi connectivity index (χ3n) is 4.50. The van der Waals surface area contributed by atoms with Crippen molar-refractivity contribution in [3.8, 4) is 0 Å². The van der Waals surface area contributed by atoms with Crippen LogP contribution in [0.2, 0.25) is 0 Å². The van der Waals surface area contributed by atoms with E-state index in [1.807, 2.05) is 24.3 Å². The highest BCUT2D eigenvalue weighted by Gasteiger charge is 2.37. The molecule has 1 aromatic carbocycles. The predicted molar refractivity (Wildman–Crippen MR) is 83.0 cm³/mol. The number of amides is 1. The van der Waals surface area contributed by atoms with Crippen molar-refractivity contribution in [2.75, 3.05) is 11.9 Å². The summed E-state index contributed by atoms with van der Waals surface area (Å²) >= 11 is 0. The van der Waals surface area contributed by atoms with Gasteiger partial charge in [0, 0.05) is 17.8 Å². The second kappa shape index (κ2) is 6.48. The van der Waals surface area contributed by atoms with Crippen LogP contribution in [-0.2, 0) is 11.4 Å². The van der Waals surface area contributed by atoms with Gasteiger partial charge in [0.25, 0.3) is 0 Å². The lowest BCUT2D eigenvalue weighted by Gasteiger charge is -2.29. The smallest absolute Gasteiger partial charge is 0.242 e. The van der Waals surface area contributed by atoms with Crippen LogP contribution in [0.1, 0.15) is 44.1 Å². The third kappa shape index (κ3) is 3.56. The molecule has 0 heterocycles. The number of carbonyl (C=O) groups is 1. The van der Waals surface area contributed by atoms with Crippen LogP contribution in [0.5, 0.6) is 0 Å². The van der Waals surface area contributed by atoms with Gasteiger partial charge in [-0.05, 0) is 43.4 Å². The summed E-state index contributed by atoms with van der Waals surface area (Å²) in [5, 5.41) is 12.4. The van der Waals surface area contributed by atoms with Gasteiger partial charge in [0.05, 0.1) is 13.2 Å². The first-order valence-corrected chi connectivity index (χ1v) is 8.03. The molecule has 0 spiro atoms. The van der Waals surface area contributed by atoms with E-state index in [1.54, 1.807) is 0 Å². The van der Waals surface area contributed by atoms with Gasteiger partial charge in [-0.15, -0.1) is 0 Å². The zero-order valence-electron chi connectivity index (χ0n) is 12.4. The Morgan fingerprint density at radius 2 is 1.90 bits per heavy atom. The minimum Gasteiger partial charge on any atom is -0.392 e. The number of nitrogens with one attached hydrogen (secondary N) is 1. The van der Waals surface area contributed by atoms with Crippen LogP contribution in [0.15, 0.2) is 24.3 Å². The van der Waals surface area contributed by atoms with Crippen LogP contribution < -0.4 is 5.32 Å². The van der Waals surface area contributed by atoms with Crippen LogP contribution in [0.4, 0.5) is 5.69 Å². The van der Waals surface area contributed by atoms with E-state index >= 15 is 0 Å². The first-order chi connectivity index (χ1) is 10.3. The van der Waals surface area contributed by atoms with Crippen LogP contribution in [0.25, 0.3) is 0 Å². The molecule has 2 aliphatic rings. The highest BCUT2D eigenvalue weighted by atomic mass is 16.3. The zero-order chi connectivity index (χ0) is 14.7. The number of benzene rings is 1. The summed E-state index contributed by atoms with van der Waals surface area (Å²) in [6.07, 6.45) is 7.19. The normalized spacial score (nSPS) is 18.7. The number of carbonyl (C=O) groups excluding carboxylic acids is 1. The highest BCUT2D eigenvalue weighted by Crippen LogP contribution is 2.34. The minimum absolute atomic E-state index is 0.0275. The van der Waals surface area contributed by atoms with Crippen molar-refractivity contribution in [2.24, 2.45) is 0 Å². The maximum atomic E-state index is 12.6.